The number of hydrogen-bond donors (Lipinski definition) is 1. The quantitative estimate of drug-likeness (QED) is 0.449. The van der Waals surface area contributed by atoms with Gasteiger partial charge in [-0.25, -0.2) is 0 Å². The molecule has 134 valence electrons. The number of benzene rings is 1. The van der Waals surface area contributed by atoms with Crippen molar-refractivity contribution in [3.8, 4) is 5.75 Å². The molecule has 2 nitrogen and oxygen atoms in total. The smallest absolute Gasteiger partial charge is 0.119 e. The Balaban J connectivity index is 0.00000484. The van der Waals surface area contributed by atoms with Gasteiger partial charge in [-0.3, -0.25) is 0 Å². The lowest BCUT2D eigenvalue weighted by Gasteiger charge is -2.10. The Kier molecular flexibility index (Phi) is 14.4. The summed E-state index contributed by atoms with van der Waals surface area (Å²) in [5.41, 5.74) is 1.28. The summed E-state index contributed by atoms with van der Waals surface area (Å²) in [5.74, 6) is 0.964. The normalized spacial score (nSPS) is 11.8. The van der Waals surface area contributed by atoms with Crippen molar-refractivity contribution in [2.45, 2.75) is 84.2 Å². The molecule has 0 bridgehead atoms. The van der Waals surface area contributed by atoms with E-state index in [0.717, 1.165) is 50.9 Å². The van der Waals surface area contributed by atoms with Gasteiger partial charge < -0.3 is 9.84 Å². The van der Waals surface area contributed by atoms with Gasteiger partial charge in [-0.05, 0) is 43.4 Å². The first kappa shape index (κ1) is 22.3. The Bertz CT molecular complexity index is 364. The fraction of sp³-hybridized carbons (Fsp3) is 0.700. The van der Waals surface area contributed by atoms with Gasteiger partial charge in [-0.1, -0.05) is 64.5 Å². The number of aliphatic hydroxyl groups excluding tert-OH is 1. The summed E-state index contributed by atoms with van der Waals surface area (Å²) in [6.07, 6.45) is 11.2. The van der Waals surface area contributed by atoms with Crippen LogP contribution in [0.5, 0.6) is 5.75 Å². The number of rotatable bonds is 13. The van der Waals surface area contributed by atoms with Crippen LogP contribution in [-0.2, 0) is 6.42 Å². The molecular formula is C20H35ClO2. The maximum absolute atomic E-state index is 9.88. The van der Waals surface area contributed by atoms with Gasteiger partial charge >= 0.3 is 0 Å². The van der Waals surface area contributed by atoms with Crippen molar-refractivity contribution in [3.05, 3.63) is 29.8 Å². The first-order chi connectivity index (χ1) is 10.8. The molecule has 0 aromatic heterocycles. The number of unbranched alkanes of at least 4 members (excludes halogenated alkanes) is 5. The molecule has 0 amide bonds. The monoisotopic (exact) mass is 342 g/mol. The Morgan fingerprint density at radius 3 is 2.17 bits per heavy atom. The largest absolute Gasteiger partial charge is 0.494 e. The zero-order valence-electron chi connectivity index (χ0n) is 14.9. The average Bonchev–Trinajstić information content (AvgIpc) is 2.55. The van der Waals surface area contributed by atoms with Crippen LogP contribution in [-0.4, -0.2) is 17.8 Å². The highest BCUT2D eigenvalue weighted by Gasteiger charge is 2.04. The standard InChI is InChI=1S/C20H34O2.ClH/c1-3-5-7-8-9-17-22-20-15-12-18(13-16-20)11-14-19(21)10-6-4-2;/h12-13,15-16,19,21H,3-11,14,17H2,1-2H3;1H. The van der Waals surface area contributed by atoms with E-state index in [0.29, 0.717) is 0 Å². The third-order valence-electron chi connectivity index (χ3n) is 4.10. The molecule has 1 unspecified atom stereocenters. The lowest BCUT2D eigenvalue weighted by Crippen LogP contribution is -2.07. The molecule has 0 spiro atoms. The van der Waals surface area contributed by atoms with Gasteiger partial charge in [-0.15, -0.1) is 12.4 Å². The van der Waals surface area contributed by atoms with Crippen molar-refractivity contribution in [2.75, 3.05) is 6.61 Å². The van der Waals surface area contributed by atoms with Gasteiger partial charge in [0.05, 0.1) is 12.7 Å². The second-order valence-electron chi connectivity index (χ2n) is 6.24. The fourth-order valence-electron chi connectivity index (χ4n) is 2.57. The maximum atomic E-state index is 9.88. The van der Waals surface area contributed by atoms with E-state index in [4.69, 9.17) is 4.74 Å². The highest BCUT2D eigenvalue weighted by molar-refractivity contribution is 5.85. The predicted octanol–water partition coefficient (Wildman–Crippen LogP) is 5.94. The molecule has 0 fully saturated rings. The van der Waals surface area contributed by atoms with E-state index in [-0.39, 0.29) is 18.5 Å². The summed E-state index contributed by atoms with van der Waals surface area (Å²) in [7, 11) is 0. The highest BCUT2D eigenvalue weighted by atomic mass is 35.5. The van der Waals surface area contributed by atoms with Crippen molar-refractivity contribution >= 4 is 12.4 Å². The molecular weight excluding hydrogens is 308 g/mol. The Hall–Kier alpha value is -0.730. The number of halogens is 1. The van der Waals surface area contributed by atoms with E-state index in [1.807, 2.05) is 0 Å². The molecule has 1 aromatic rings. The third kappa shape index (κ3) is 11.4. The van der Waals surface area contributed by atoms with Crippen LogP contribution >= 0.6 is 12.4 Å². The first-order valence-corrected chi connectivity index (χ1v) is 9.16. The SMILES string of the molecule is CCCCCCCOc1ccc(CCC(O)CCCC)cc1.Cl. The molecule has 1 rings (SSSR count). The molecule has 1 N–H and O–H groups in total. The molecule has 0 saturated heterocycles. The van der Waals surface area contributed by atoms with Crippen molar-refractivity contribution in [1.29, 1.82) is 0 Å². The maximum Gasteiger partial charge on any atom is 0.119 e. The number of aliphatic hydroxyl groups is 1. The van der Waals surface area contributed by atoms with Crippen molar-refractivity contribution in [3.63, 3.8) is 0 Å². The second kappa shape index (κ2) is 14.8. The van der Waals surface area contributed by atoms with E-state index < -0.39 is 0 Å². The summed E-state index contributed by atoms with van der Waals surface area (Å²) >= 11 is 0. The van der Waals surface area contributed by atoms with E-state index >= 15 is 0 Å². The Labute approximate surface area is 149 Å². The molecule has 0 aliphatic rings. The summed E-state index contributed by atoms with van der Waals surface area (Å²) in [5, 5.41) is 9.88. The zero-order chi connectivity index (χ0) is 16.0. The van der Waals surface area contributed by atoms with Crippen LogP contribution in [0.4, 0.5) is 0 Å². The van der Waals surface area contributed by atoms with Crippen LogP contribution in [0, 0.1) is 0 Å². The first-order valence-electron chi connectivity index (χ1n) is 9.16. The van der Waals surface area contributed by atoms with E-state index in [1.54, 1.807) is 0 Å². The Morgan fingerprint density at radius 2 is 1.52 bits per heavy atom. The van der Waals surface area contributed by atoms with E-state index in [2.05, 4.69) is 38.1 Å². The molecule has 3 heteroatoms. The number of ether oxygens (including phenoxy) is 1. The van der Waals surface area contributed by atoms with Gasteiger partial charge in [0.1, 0.15) is 5.75 Å². The van der Waals surface area contributed by atoms with Crippen LogP contribution in [0.3, 0.4) is 0 Å². The predicted molar refractivity (Wildman–Crippen MR) is 102 cm³/mol. The van der Waals surface area contributed by atoms with Crippen molar-refractivity contribution in [2.24, 2.45) is 0 Å². The van der Waals surface area contributed by atoms with Gasteiger partial charge in [0.25, 0.3) is 0 Å². The minimum Gasteiger partial charge on any atom is -0.494 e. The summed E-state index contributed by atoms with van der Waals surface area (Å²) < 4.78 is 5.77. The second-order valence-corrected chi connectivity index (χ2v) is 6.24. The Morgan fingerprint density at radius 1 is 0.870 bits per heavy atom. The summed E-state index contributed by atoms with van der Waals surface area (Å²) in [4.78, 5) is 0. The average molecular weight is 343 g/mol. The van der Waals surface area contributed by atoms with Crippen LogP contribution < -0.4 is 4.74 Å². The molecule has 0 saturated carbocycles. The van der Waals surface area contributed by atoms with Gasteiger partial charge in [0.15, 0.2) is 0 Å². The zero-order valence-corrected chi connectivity index (χ0v) is 15.7. The topological polar surface area (TPSA) is 29.5 Å². The summed E-state index contributed by atoms with van der Waals surface area (Å²) in [6.45, 7) is 5.22. The van der Waals surface area contributed by atoms with Crippen molar-refractivity contribution in [1.82, 2.24) is 0 Å². The van der Waals surface area contributed by atoms with Gasteiger partial charge in [0, 0.05) is 0 Å². The third-order valence-corrected chi connectivity index (χ3v) is 4.10. The van der Waals surface area contributed by atoms with E-state index in [9.17, 15) is 5.11 Å². The van der Waals surface area contributed by atoms with Crippen molar-refractivity contribution < 1.29 is 9.84 Å². The van der Waals surface area contributed by atoms with Crippen LogP contribution in [0.1, 0.15) is 77.2 Å². The molecule has 0 radical (unpaired) electrons. The molecule has 1 atom stereocenters. The highest BCUT2D eigenvalue weighted by Crippen LogP contribution is 2.16. The lowest BCUT2D eigenvalue weighted by molar-refractivity contribution is 0.152. The molecule has 1 aromatic carbocycles. The molecule has 0 heterocycles. The number of aryl methyl sites for hydroxylation is 1. The van der Waals surface area contributed by atoms with Gasteiger partial charge in [-0.2, -0.15) is 0 Å². The van der Waals surface area contributed by atoms with Crippen LogP contribution in [0.15, 0.2) is 24.3 Å². The minimum atomic E-state index is -0.154. The lowest BCUT2D eigenvalue weighted by atomic mass is 10.0. The molecule has 23 heavy (non-hydrogen) atoms. The van der Waals surface area contributed by atoms with Crippen LogP contribution in [0.25, 0.3) is 0 Å². The van der Waals surface area contributed by atoms with E-state index in [1.165, 1.54) is 31.2 Å². The summed E-state index contributed by atoms with van der Waals surface area (Å²) in [6, 6.07) is 8.36. The fourth-order valence-corrected chi connectivity index (χ4v) is 2.57. The number of hydrogen-bond acceptors (Lipinski definition) is 2. The van der Waals surface area contributed by atoms with Gasteiger partial charge in [0.2, 0.25) is 0 Å². The van der Waals surface area contributed by atoms with Crippen LogP contribution in [0.2, 0.25) is 0 Å². The molecule has 0 aliphatic carbocycles. The minimum absolute atomic E-state index is 0. The molecule has 0 aliphatic heterocycles.